The number of carbonyl (C=O) groups is 4. The first-order valence-corrected chi connectivity index (χ1v) is 20.5. The molecule has 0 aliphatic carbocycles. The molecule has 0 aromatic heterocycles. The number of ether oxygens (including phenoxy) is 1. The highest BCUT2D eigenvalue weighted by Crippen LogP contribution is 2.18. The van der Waals surface area contributed by atoms with Crippen LogP contribution < -0.4 is 10.6 Å². The third-order valence-corrected chi connectivity index (χ3v) is 8.84. The first-order valence-electron chi connectivity index (χ1n) is 20.5. The quantitative estimate of drug-likeness (QED) is 0.0286. The largest absolute Gasteiger partial charge is 0.480 e. The molecule has 9 heteroatoms. The molecular weight excluding hydrogens is 656 g/mol. The van der Waals surface area contributed by atoms with E-state index in [1.807, 2.05) is 0 Å². The fourth-order valence-corrected chi connectivity index (χ4v) is 5.70. The van der Waals surface area contributed by atoms with E-state index in [4.69, 9.17) is 14.9 Å². The SMILES string of the molecule is CC/C=C\C/C=C\C/C=C\C/C=C\CCCCC(CCCCCCCC(=O)NCC(=O)NC(CO)C(=O)O)OC(=O)CCCCCCCCCCC. The van der Waals surface area contributed by atoms with Gasteiger partial charge in [-0.25, -0.2) is 4.79 Å². The molecule has 0 fully saturated rings. The minimum absolute atomic E-state index is 0.0491. The number of hydrogen-bond donors (Lipinski definition) is 4. The van der Waals surface area contributed by atoms with E-state index in [2.05, 4.69) is 73.1 Å². The Kier molecular flexibility index (Phi) is 35.2. The van der Waals surface area contributed by atoms with Crippen molar-refractivity contribution in [3.05, 3.63) is 48.6 Å². The van der Waals surface area contributed by atoms with Crippen molar-refractivity contribution in [2.75, 3.05) is 13.2 Å². The zero-order valence-corrected chi connectivity index (χ0v) is 32.8. The van der Waals surface area contributed by atoms with Crippen LogP contribution in [-0.2, 0) is 23.9 Å². The van der Waals surface area contributed by atoms with Gasteiger partial charge in [0.25, 0.3) is 0 Å². The lowest BCUT2D eigenvalue weighted by atomic mass is 10.0. The van der Waals surface area contributed by atoms with E-state index in [1.54, 1.807) is 0 Å². The maximum atomic E-state index is 12.7. The van der Waals surface area contributed by atoms with E-state index in [0.29, 0.717) is 12.8 Å². The van der Waals surface area contributed by atoms with E-state index in [1.165, 1.54) is 44.9 Å². The average molecular weight is 731 g/mol. The van der Waals surface area contributed by atoms with Crippen molar-refractivity contribution in [3.8, 4) is 0 Å². The lowest BCUT2D eigenvalue weighted by Gasteiger charge is -2.18. The second-order valence-electron chi connectivity index (χ2n) is 13.7. The van der Waals surface area contributed by atoms with Crippen LogP contribution in [0, 0.1) is 0 Å². The molecule has 0 saturated carbocycles. The summed E-state index contributed by atoms with van der Waals surface area (Å²) in [6, 6.07) is -1.39. The van der Waals surface area contributed by atoms with Crippen LogP contribution in [-0.4, -0.2) is 59.3 Å². The van der Waals surface area contributed by atoms with Crippen molar-refractivity contribution < 1.29 is 34.1 Å². The lowest BCUT2D eigenvalue weighted by Crippen LogP contribution is -2.47. The molecule has 4 N–H and O–H groups in total. The number of amides is 2. The molecule has 0 aromatic carbocycles. The number of rotatable bonds is 36. The standard InChI is InChI=1S/C43H74N2O7/c1-3-5-7-9-11-13-14-15-16-17-18-20-21-24-28-32-38(52-42(49)35-31-27-22-19-12-10-8-6-4-2)33-29-25-23-26-30-34-40(47)44-36-41(48)45-39(37-46)43(50)51/h5,7,11,13,15-16,18,20,38-39,46H,3-4,6,8-10,12,14,17,19,21-37H2,1-2H3,(H,44,47)(H,45,48)(H,50,51)/b7-5-,13-11-,16-15-,20-18-. The number of esters is 1. The third kappa shape index (κ3) is 33.9. The summed E-state index contributed by atoms with van der Waals surface area (Å²) in [6.45, 7) is 3.34. The summed E-state index contributed by atoms with van der Waals surface area (Å²) in [4.78, 5) is 47.4. The van der Waals surface area contributed by atoms with E-state index >= 15 is 0 Å². The molecule has 0 rings (SSSR count). The maximum absolute atomic E-state index is 12.7. The molecule has 0 aliphatic heterocycles. The van der Waals surface area contributed by atoms with Gasteiger partial charge in [-0.05, 0) is 77.0 Å². The monoisotopic (exact) mass is 731 g/mol. The van der Waals surface area contributed by atoms with E-state index in [0.717, 1.165) is 96.3 Å². The van der Waals surface area contributed by atoms with Crippen LogP contribution in [0.1, 0.15) is 174 Å². The Balaban J connectivity index is 4.41. The number of aliphatic hydroxyl groups excluding tert-OH is 1. The number of carboxylic acids is 1. The van der Waals surface area contributed by atoms with Gasteiger partial charge in [0.05, 0.1) is 13.2 Å². The molecule has 2 atom stereocenters. The van der Waals surface area contributed by atoms with Crippen LogP contribution in [0.4, 0.5) is 0 Å². The Labute approximate surface area is 316 Å². The smallest absolute Gasteiger partial charge is 0.328 e. The summed E-state index contributed by atoms with van der Waals surface area (Å²) in [7, 11) is 0. The van der Waals surface area contributed by atoms with Gasteiger partial charge in [-0.1, -0.05) is 133 Å². The minimum atomic E-state index is -1.39. The number of carboxylic acid groups (broad SMARTS) is 1. The predicted octanol–water partition coefficient (Wildman–Crippen LogP) is 9.59. The Morgan fingerprint density at radius 1 is 0.596 bits per heavy atom. The van der Waals surface area contributed by atoms with Crippen molar-refractivity contribution in [3.63, 3.8) is 0 Å². The van der Waals surface area contributed by atoms with Crippen LogP contribution >= 0.6 is 0 Å². The lowest BCUT2D eigenvalue weighted by molar-refractivity contribution is -0.150. The molecule has 0 heterocycles. The highest BCUT2D eigenvalue weighted by atomic mass is 16.5. The average Bonchev–Trinajstić information content (AvgIpc) is 3.13. The minimum Gasteiger partial charge on any atom is -0.480 e. The summed E-state index contributed by atoms with van der Waals surface area (Å²) in [6.07, 6.45) is 42.8. The van der Waals surface area contributed by atoms with Crippen molar-refractivity contribution >= 4 is 23.8 Å². The summed E-state index contributed by atoms with van der Waals surface area (Å²) in [5, 5.41) is 22.5. The van der Waals surface area contributed by atoms with E-state index in [9.17, 15) is 19.2 Å². The zero-order chi connectivity index (χ0) is 38.3. The van der Waals surface area contributed by atoms with Gasteiger partial charge in [0.15, 0.2) is 0 Å². The number of aliphatic carboxylic acids is 1. The highest BCUT2D eigenvalue weighted by molar-refractivity contribution is 5.87. The van der Waals surface area contributed by atoms with E-state index in [-0.39, 0.29) is 30.9 Å². The first kappa shape index (κ1) is 48.8. The Hall–Kier alpha value is -3.20. The van der Waals surface area contributed by atoms with Crippen LogP contribution in [0.2, 0.25) is 0 Å². The second kappa shape index (κ2) is 37.6. The number of nitrogens with one attached hydrogen (secondary N) is 2. The van der Waals surface area contributed by atoms with Gasteiger partial charge in [0.2, 0.25) is 11.8 Å². The Morgan fingerprint density at radius 3 is 1.65 bits per heavy atom. The molecule has 0 aromatic rings. The molecule has 9 nitrogen and oxygen atoms in total. The van der Waals surface area contributed by atoms with Gasteiger partial charge in [-0.15, -0.1) is 0 Å². The normalized spacial score (nSPS) is 13.0. The molecule has 52 heavy (non-hydrogen) atoms. The Bertz CT molecular complexity index is 1020. The van der Waals surface area contributed by atoms with Crippen molar-refractivity contribution in [1.29, 1.82) is 0 Å². The van der Waals surface area contributed by atoms with Gasteiger partial charge < -0.3 is 25.6 Å². The highest BCUT2D eigenvalue weighted by Gasteiger charge is 2.19. The molecule has 2 amide bonds. The number of unbranched alkanes of at least 4 members (excludes halogenated alkanes) is 14. The molecule has 2 unspecified atom stereocenters. The summed E-state index contributed by atoms with van der Waals surface area (Å²) in [5.41, 5.74) is 0. The molecule has 0 spiro atoms. The second-order valence-corrected chi connectivity index (χ2v) is 13.7. The van der Waals surface area contributed by atoms with E-state index < -0.39 is 24.5 Å². The molecule has 0 aliphatic rings. The van der Waals surface area contributed by atoms with Crippen LogP contribution in [0.5, 0.6) is 0 Å². The molecular formula is C43H74N2O7. The maximum Gasteiger partial charge on any atom is 0.328 e. The summed E-state index contributed by atoms with van der Waals surface area (Å²) in [5.74, 6) is -2.33. The number of aliphatic hydroxyl groups is 1. The van der Waals surface area contributed by atoms with Crippen molar-refractivity contribution in [2.24, 2.45) is 0 Å². The Morgan fingerprint density at radius 2 is 1.10 bits per heavy atom. The fourth-order valence-electron chi connectivity index (χ4n) is 5.70. The number of carbonyl (C=O) groups excluding carboxylic acids is 3. The fraction of sp³-hybridized carbons (Fsp3) is 0.721. The molecule has 0 bridgehead atoms. The van der Waals surface area contributed by atoms with Crippen molar-refractivity contribution in [2.45, 2.75) is 187 Å². The van der Waals surface area contributed by atoms with Crippen LogP contribution in [0.25, 0.3) is 0 Å². The first-order chi connectivity index (χ1) is 25.3. The van der Waals surface area contributed by atoms with Crippen LogP contribution in [0.3, 0.4) is 0 Å². The number of hydrogen-bond acceptors (Lipinski definition) is 6. The topological polar surface area (TPSA) is 142 Å². The van der Waals surface area contributed by atoms with Gasteiger partial charge >= 0.3 is 11.9 Å². The molecule has 298 valence electrons. The van der Waals surface area contributed by atoms with Crippen molar-refractivity contribution in [1.82, 2.24) is 10.6 Å². The predicted molar refractivity (Wildman–Crippen MR) is 213 cm³/mol. The van der Waals surface area contributed by atoms with Gasteiger partial charge in [-0.3, -0.25) is 14.4 Å². The zero-order valence-electron chi connectivity index (χ0n) is 32.8. The summed E-state index contributed by atoms with van der Waals surface area (Å²) >= 11 is 0. The van der Waals surface area contributed by atoms with Gasteiger partial charge in [-0.2, -0.15) is 0 Å². The van der Waals surface area contributed by atoms with Gasteiger partial charge in [0.1, 0.15) is 12.1 Å². The summed E-state index contributed by atoms with van der Waals surface area (Å²) < 4.78 is 5.98. The number of allylic oxidation sites excluding steroid dienone is 8. The van der Waals surface area contributed by atoms with Crippen LogP contribution in [0.15, 0.2) is 48.6 Å². The third-order valence-electron chi connectivity index (χ3n) is 8.84. The molecule has 0 radical (unpaired) electrons. The van der Waals surface area contributed by atoms with Gasteiger partial charge in [0, 0.05) is 12.8 Å². The molecule has 0 saturated heterocycles.